The van der Waals surface area contributed by atoms with Gasteiger partial charge in [-0.05, 0) is 25.7 Å². The van der Waals surface area contributed by atoms with E-state index in [0.29, 0.717) is 25.9 Å². The zero-order valence-corrected chi connectivity index (χ0v) is 11.4. The molecule has 0 saturated heterocycles. The van der Waals surface area contributed by atoms with Gasteiger partial charge in [-0.3, -0.25) is 9.59 Å². The quantitative estimate of drug-likeness (QED) is 0.586. The van der Waals surface area contributed by atoms with Crippen molar-refractivity contribution in [2.24, 2.45) is 11.7 Å². The average molecular weight is 272 g/mol. The number of ether oxygens (including phenoxy) is 1. The summed E-state index contributed by atoms with van der Waals surface area (Å²) < 4.78 is 4.91. The van der Waals surface area contributed by atoms with Crippen LogP contribution in [0.3, 0.4) is 0 Å². The number of carbonyl (C=O) groups excluding carboxylic acids is 1. The third-order valence-corrected chi connectivity index (χ3v) is 3.61. The van der Waals surface area contributed by atoms with E-state index < -0.39 is 17.9 Å². The summed E-state index contributed by atoms with van der Waals surface area (Å²) in [5, 5.41) is 11.9. The number of hydrogen-bond donors (Lipinski definition) is 3. The molecule has 3 atom stereocenters. The molecule has 110 valence electrons. The second kappa shape index (κ2) is 8.12. The average Bonchev–Trinajstić information content (AvgIpc) is 2.39. The summed E-state index contributed by atoms with van der Waals surface area (Å²) in [4.78, 5) is 23.0. The van der Waals surface area contributed by atoms with Gasteiger partial charge in [-0.1, -0.05) is 12.8 Å². The fourth-order valence-electron chi connectivity index (χ4n) is 2.47. The van der Waals surface area contributed by atoms with Crippen LogP contribution in [0.2, 0.25) is 0 Å². The number of carboxylic acid groups (broad SMARTS) is 1. The largest absolute Gasteiger partial charge is 0.481 e. The molecule has 1 rings (SSSR count). The Kier molecular flexibility index (Phi) is 6.80. The highest BCUT2D eigenvalue weighted by Crippen LogP contribution is 2.24. The lowest BCUT2D eigenvalue weighted by atomic mass is 9.84. The molecular formula is C13H24N2O4. The predicted molar refractivity (Wildman–Crippen MR) is 70.6 cm³/mol. The molecule has 0 spiro atoms. The molecule has 1 amide bonds. The van der Waals surface area contributed by atoms with Crippen molar-refractivity contribution in [3.63, 3.8) is 0 Å². The van der Waals surface area contributed by atoms with Crippen LogP contribution in [0.15, 0.2) is 0 Å². The molecule has 3 unspecified atom stereocenters. The maximum absolute atomic E-state index is 11.9. The molecule has 4 N–H and O–H groups in total. The molecule has 1 saturated carbocycles. The Morgan fingerprint density at radius 1 is 1.42 bits per heavy atom. The second-order valence-corrected chi connectivity index (χ2v) is 5.09. The summed E-state index contributed by atoms with van der Waals surface area (Å²) in [6.45, 7) is 0.572. The van der Waals surface area contributed by atoms with Crippen LogP contribution >= 0.6 is 0 Å². The van der Waals surface area contributed by atoms with E-state index in [1.807, 2.05) is 0 Å². The van der Waals surface area contributed by atoms with Crippen molar-refractivity contribution in [1.82, 2.24) is 5.32 Å². The highest BCUT2D eigenvalue weighted by atomic mass is 16.5. The van der Waals surface area contributed by atoms with E-state index >= 15 is 0 Å². The van der Waals surface area contributed by atoms with Gasteiger partial charge in [0.05, 0.1) is 12.0 Å². The van der Waals surface area contributed by atoms with Crippen LogP contribution < -0.4 is 11.1 Å². The highest BCUT2D eigenvalue weighted by molar-refractivity contribution is 5.82. The molecule has 0 radical (unpaired) electrons. The van der Waals surface area contributed by atoms with E-state index in [-0.39, 0.29) is 11.9 Å². The fraction of sp³-hybridized carbons (Fsp3) is 0.846. The Morgan fingerprint density at radius 2 is 2.11 bits per heavy atom. The van der Waals surface area contributed by atoms with Gasteiger partial charge in [0.1, 0.15) is 0 Å². The number of carbonyl (C=O) groups is 2. The second-order valence-electron chi connectivity index (χ2n) is 5.09. The van der Waals surface area contributed by atoms with Crippen LogP contribution in [0.25, 0.3) is 0 Å². The molecule has 0 bridgehead atoms. The van der Waals surface area contributed by atoms with Gasteiger partial charge in [0.25, 0.3) is 0 Å². The summed E-state index contributed by atoms with van der Waals surface area (Å²) >= 11 is 0. The van der Waals surface area contributed by atoms with E-state index in [1.54, 1.807) is 7.11 Å². The lowest BCUT2D eigenvalue weighted by Crippen LogP contribution is -2.50. The summed E-state index contributed by atoms with van der Waals surface area (Å²) in [6, 6.07) is -0.876. The van der Waals surface area contributed by atoms with Gasteiger partial charge in [-0.25, -0.2) is 0 Å². The third kappa shape index (κ3) is 5.16. The lowest BCUT2D eigenvalue weighted by molar-refractivity contribution is -0.144. The number of rotatable bonds is 7. The van der Waals surface area contributed by atoms with Gasteiger partial charge in [-0.2, -0.15) is 0 Å². The monoisotopic (exact) mass is 272 g/mol. The van der Waals surface area contributed by atoms with Gasteiger partial charge < -0.3 is 20.9 Å². The minimum Gasteiger partial charge on any atom is -0.481 e. The summed E-state index contributed by atoms with van der Waals surface area (Å²) in [5.74, 6) is -1.57. The van der Waals surface area contributed by atoms with E-state index in [2.05, 4.69) is 5.32 Å². The summed E-state index contributed by atoms with van der Waals surface area (Å²) in [7, 11) is 1.60. The first kappa shape index (κ1) is 15.9. The van der Waals surface area contributed by atoms with E-state index in [0.717, 1.165) is 19.3 Å². The van der Waals surface area contributed by atoms with Crippen LogP contribution in [0.1, 0.15) is 38.5 Å². The van der Waals surface area contributed by atoms with Crippen molar-refractivity contribution in [2.45, 2.75) is 50.6 Å². The van der Waals surface area contributed by atoms with Crippen LogP contribution in [-0.4, -0.2) is 42.8 Å². The minimum atomic E-state index is -0.835. The van der Waals surface area contributed by atoms with Gasteiger partial charge >= 0.3 is 5.97 Å². The number of methoxy groups -OCH3 is 1. The zero-order valence-electron chi connectivity index (χ0n) is 11.4. The molecule has 19 heavy (non-hydrogen) atoms. The number of amides is 1. The Hall–Kier alpha value is -1.14. The van der Waals surface area contributed by atoms with Crippen molar-refractivity contribution < 1.29 is 19.4 Å². The number of hydrogen-bond acceptors (Lipinski definition) is 4. The minimum absolute atomic E-state index is 0.255. The van der Waals surface area contributed by atoms with Crippen molar-refractivity contribution in [1.29, 1.82) is 0 Å². The molecule has 0 aromatic carbocycles. The highest BCUT2D eigenvalue weighted by Gasteiger charge is 2.32. The van der Waals surface area contributed by atoms with Crippen LogP contribution in [0.5, 0.6) is 0 Å². The zero-order chi connectivity index (χ0) is 14.3. The van der Waals surface area contributed by atoms with E-state index in [4.69, 9.17) is 15.6 Å². The van der Waals surface area contributed by atoms with Crippen molar-refractivity contribution >= 4 is 11.9 Å². The maximum atomic E-state index is 11.9. The topological polar surface area (TPSA) is 102 Å². The smallest absolute Gasteiger partial charge is 0.308 e. The maximum Gasteiger partial charge on any atom is 0.308 e. The van der Waals surface area contributed by atoms with E-state index in [9.17, 15) is 9.59 Å². The van der Waals surface area contributed by atoms with Gasteiger partial charge in [0, 0.05) is 19.8 Å². The summed E-state index contributed by atoms with van der Waals surface area (Å²) in [6.07, 6.45) is 4.46. The number of nitrogens with two attached hydrogens (primary N) is 1. The molecule has 1 aliphatic carbocycles. The normalized spacial score (nSPS) is 24.7. The van der Waals surface area contributed by atoms with Crippen molar-refractivity contribution in [3.8, 4) is 0 Å². The Morgan fingerprint density at radius 3 is 2.74 bits per heavy atom. The Bertz CT molecular complexity index is 309. The van der Waals surface area contributed by atoms with E-state index in [1.165, 1.54) is 0 Å². The first-order valence-corrected chi connectivity index (χ1v) is 6.84. The molecule has 1 aliphatic rings. The van der Waals surface area contributed by atoms with Gasteiger partial charge in [0.2, 0.25) is 5.91 Å². The molecule has 0 aromatic heterocycles. The standard InChI is InChI=1S/C13H24N2O4/c1-19-8-4-6-10(14)12(16)15-11-7-3-2-5-9(11)13(17)18/h9-11H,2-8,14H2,1H3,(H,15,16)(H,17,18). The molecule has 1 fully saturated rings. The molecule has 6 nitrogen and oxygen atoms in total. The molecule has 6 heteroatoms. The fourth-order valence-corrected chi connectivity index (χ4v) is 2.47. The van der Waals surface area contributed by atoms with Crippen LogP contribution in [-0.2, 0) is 14.3 Å². The van der Waals surface area contributed by atoms with Crippen LogP contribution in [0, 0.1) is 5.92 Å². The number of carboxylic acids is 1. The number of nitrogens with one attached hydrogen (secondary N) is 1. The van der Waals surface area contributed by atoms with Crippen molar-refractivity contribution in [2.75, 3.05) is 13.7 Å². The first-order chi connectivity index (χ1) is 9.06. The predicted octanol–water partition coefficient (Wildman–Crippen LogP) is 0.500. The molecule has 0 heterocycles. The van der Waals surface area contributed by atoms with Crippen LogP contribution in [0.4, 0.5) is 0 Å². The molecule has 0 aromatic rings. The molecule has 0 aliphatic heterocycles. The molecular weight excluding hydrogens is 248 g/mol. The van der Waals surface area contributed by atoms with Crippen molar-refractivity contribution in [3.05, 3.63) is 0 Å². The Labute approximate surface area is 113 Å². The van der Waals surface area contributed by atoms with Gasteiger partial charge in [0.15, 0.2) is 0 Å². The van der Waals surface area contributed by atoms with Gasteiger partial charge in [-0.15, -0.1) is 0 Å². The SMILES string of the molecule is COCCCC(N)C(=O)NC1CCCCC1C(=O)O. The number of aliphatic carboxylic acids is 1. The third-order valence-electron chi connectivity index (χ3n) is 3.61. The lowest BCUT2D eigenvalue weighted by Gasteiger charge is -2.30. The first-order valence-electron chi connectivity index (χ1n) is 6.84. The summed E-state index contributed by atoms with van der Waals surface area (Å²) in [5.41, 5.74) is 5.78. The Balaban J connectivity index is 2.42.